The quantitative estimate of drug-likeness (QED) is 0.118. The number of aromatic nitrogens is 3. The van der Waals surface area contributed by atoms with Gasteiger partial charge in [-0.3, -0.25) is 0 Å². The third-order valence-electron chi connectivity index (χ3n) is 6.37. The van der Waals surface area contributed by atoms with Crippen molar-refractivity contribution in [2.75, 3.05) is 24.3 Å². The molecular weight excluding hydrogens is 592 g/mol. The summed E-state index contributed by atoms with van der Waals surface area (Å²) < 4.78 is 20.5. The van der Waals surface area contributed by atoms with E-state index in [1.807, 2.05) is 26.0 Å². The number of nitrogens with zero attached hydrogens (tertiary/aromatic N) is 3. The molecule has 10 heteroatoms. The zero-order valence-electron chi connectivity index (χ0n) is 23.8. The summed E-state index contributed by atoms with van der Waals surface area (Å²) in [5, 5.41) is 8.73. The van der Waals surface area contributed by atoms with Gasteiger partial charge in [0.2, 0.25) is 11.1 Å². The van der Waals surface area contributed by atoms with Crippen molar-refractivity contribution in [3.05, 3.63) is 68.8 Å². The van der Waals surface area contributed by atoms with Gasteiger partial charge in [0.1, 0.15) is 12.6 Å². The summed E-state index contributed by atoms with van der Waals surface area (Å²) in [5.41, 5.74) is 4.24. The molecule has 1 unspecified atom stereocenters. The number of ether oxygens (including phenoxy) is 3. The Morgan fingerprint density at radius 1 is 1.10 bits per heavy atom. The number of halogens is 1. The molecule has 4 rings (SSSR count). The zero-order valence-corrected chi connectivity index (χ0v) is 26.2. The van der Waals surface area contributed by atoms with Crippen LogP contribution in [-0.4, -0.2) is 39.7 Å². The van der Waals surface area contributed by atoms with Crippen LogP contribution in [0.2, 0.25) is 0 Å². The van der Waals surface area contributed by atoms with E-state index in [1.54, 1.807) is 16.4 Å². The number of benzene rings is 2. The number of anilines is 1. The van der Waals surface area contributed by atoms with Crippen LogP contribution in [-0.2, 0) is 16.1 Å². The third-order valence-corrected chi connectivity index (χ3v) is 8.00. The highest BCUT2D eigenvalue weighted by Crippen LogP contribution is 2.43. The fraction of sp³-hybridized carbons (Fsp3) is 0.433. The molecule has 0 radical (unpaired) electrons. The van der Waals surface area contributed by atoms with E-state index < -0.39 is 6.04 Å². The maximum Gasteiger partial charge on any atom is 0.338 e. The Labute approximate surface area is 249 Å². The fourth-order valence-corrected chi connectivity index (χ4v) is 5.59. The molecule has 0 aliphatic carbocycles. The summed E-state index contributed by atoms with van der Waals surface area (Å²) in [6, 6.07) is 11.6. The molecule has 0 spiro atoms. The molecule has 3 aromatic rings. The lowest BCUT2D eigenvalue weighted by Gasteiger charge is -2.29. The maximum atomic E-state index is 13.4. The van der Waals surface area contributed by atoms with Gasteiger partial charge in [0, 0.05) is 11.4 Å². The number of hydrogen-bond donors (Lipinski definition) is 1. The maximum absolute atomic E-state index is 13.4. The first kappa shape index (κ1) is 30.0. The average Bonchev–Trinajstić information content (AvgIpc) is 3.34. The molecule has 0 amide bonds. The Bertz CT molecular complexity index is 1360. The molecule has 1 aromatic heterocycles. The zero-order chi connectivity index (χ0) is 28.6. The molecular formula is C30H37BrN4O4S. The van der Waals surface area contributed by atoms with Crippen molar-refractivity contribution in [3.8, 4) is 11.5 Å². The first-order valence-corrected chi connectivity index (χ1v) is 15.5. The van der Waals surface area contributed by atoms with Crippen molar-refractivity contribution in [3.63, 3.8) is 0 Å². The van der Waals surface area contributed by atoms with E-state index in [0.717, 1.165) is 40.6 Å². The van der Waals surface area contributed by atoms with Crippen LogP contribution in [0, 0.1) is 6.92 Å². The van der Waals surface area contributed by atoms with Crippen LogP contribution in [0.1, 0.15) is 69.7 Å². The normalized spacial score (nSPS) is 14.5. The summed E-state index contributed by atoms with van der Waals surface area (Å²) in [4.78, 5) is 18.1. The topological polar surface area (TPSA) is 87.5 Å². The van der Waals surface area contributed by atoms with Gasteiger partial charge in [0.25, 0.3) is 0 Å². The summed E-state index contributed by atoms with van der Waals surface area (Å²) in [7, 11) is 0. The van der Waals surface area contributed by atoms with Crippen LogP contribution in [0.3, 0.4) is 0 Å². The second kappa shape index (κ2) is 14.1. The smallest absolute Gasteiger partial charge is 0.338 e. The summed E-state index contributed by atoms with van der Waals surface area (Å²) >= 11 is 5.31. The van der Waals surface area contributed by atoms with Crippen molar-refractivity contribution in [2.45, 2.75) is 71.7 Å². The van der Waals surface area contributed by atoms with Crippen molar-refractivity contribution in [1.29, 1.82) is 0 Å². The standard InChI is InChI=1S/C30H37BrN4O4S/c1-6-9-14-38-28(36)25-20(5)32-29-33-30(40-15-7-2)34-35(29)26(25)22-16-23(31)27(24(17-22)37-8-3)39-18-21-12-10-19(4)11-13-21/h10-13,16-17,26H,6-9,14-15,18H2,1-5H3,(H,32,33,34). The second-order valence-electron chi connectivity index (χ2n) is 9.60. The van der Waals surface area contributed by atoms with Crippen molar-refractivity contribution in [2.24, 2.45) is 0 Å². The minimum Gasteiger partial charge on any atom is -0.490 e. The lowest BCUT2D eigenvalue weighted by molar-refractivity contribution is -0.139. The molecule has 0 saturated carbocycles. The highest BCUT2D eigenvalue weighted by Gasteiger charge is 2.36. The van der Waals surface area contributed by atoms with Gasteiger partial charge in [0.15, 0.2) is 11.5 Å². The molecule has 1 N–H and O–H groups in total. The van der Waals surface area contributed by atoms with Crippen molar-refractivity contribution >= 4 is 39.6 Å². The van der Waals surface area contributed by atoms with Crippen LogP contribution < -0.4 is 14.8 Å². The number of nitrogens with one attached hydrogen (secondary N) is 1. The number of carbonyl (C=O) groups is 1. The van der Waals surface area contributed by atoms with Gasteiger partial charge in [-0.05, 0) is 72.8 Å². The van der Waals surface area contributed by atoms with Crippen LogP contribution in [0.5, 0.6) is 11.5 Å². The Hall–Kier alpha value is -2.98. The fourth-order valence-electron chi connectivity index (χ4n) is 4.33. The molecule has 0 fully saturated rings. The molecule has 2 heterocycles. The second-order valence-corrected chi connectivity index (χ2v) is 11.5. The summed E-state index contributed by atoms with van der Waals surface area (Å²) in [6.45, 7) is 11.3. The van der Waals surface area contributed by atoms with E-state index in [2.05, 4.69) is 66.3 Å². The summed E-state index contributed by atoms with van der Waals surface area (Å²) in [5.74, 6) is 2.29. The molecule has 2 aromatic carbocycles. The van der Waals surface area contributed by atoms with Gasteiger partial charge in [0.05, 0.1) is 23.3 Å². The van der Waals surface area contributed by atoms with Crippen LogP contribution in [0.4, 0.5) is 5.95 Å². The number of esters is 1. The molecule has 1 atom stereocenters. The van der Waals surface area contributed by atoms with Gasteiger partial charge >= 0.3 is 5.97 Å². The van der Waals surface area contributed by atoms with E-state index in [0.29, 0.717) is 53.7 Å². The van der Waals surface area contributed by atoms with Gasteiger partial charge in [-0.25, -0.2) is 9.48 Å². The Balaban J connectivity index is 1.75. The van der Waals surface area contributed by atoms with E-state index >= 15 is 0 Å². The predicted octanol–water partition coefficient (Wildman–Crippen LogP) is 7.46. The molecule has 214 valence electrons. The number of carbonyl (C=O) groups excluding carboxylic acids is 1. The minimum absolute atomic E-state index is 0.361. The average molecular weight is 630 g/mol. The SMILES string of the molecule is CCCCOC(=O)C1=C(C)Nc2nc(SCCC)nn2C1c1cc(Br)c(OCc2ccc(C)cc2)c(OCC)c1. The summed E-state index contributed by atoms with van der Waals surface area (Å²) in [6.07, 6.45) is 2.74. The number of rotatable bonds is 13. The highest BCUT2D eigenvalue weighted by molar-refractivity contribution is 9.10. The first-order valence-electron chi connectivity index (χ1n) is 13.7. The predicted molar refractivity (Wildman–Crippen MR) is 162 cm³/mol. The van der Waals surface area contributed by atoms with Crippen LogP contribution in [0.15, 0.2) is 57.3 Å². The minimum atomic E-state index is -0.560. The van der Waals surface area contributed by atoms with Crippen molar-refractivity contribution in [1.82, 2.24) is 14.8 Å². The molecule has 40 heavy (non-hydrogen) atoms. The number of fused-ring (bicyclic) bond motifs is 1. The molecule has 8 nitrogen and oxygen atoms in total. The van der Waals surface area contributed by atoms with Gasteiger partial charge < -0.3 is 19.5 Å². The third kappa shape index (κ3) is 7.01. The lowest BCUT2D eigenvalue weighted by Crippen LogP contribution is -2.30. The number of thioether (sulfide) groups is 1. The Morgan fingerprint density at radius 2 is 1.88 bits per heavy atom. The number of aryl methyl sites for hydroxylation is 1. The number of allylic oxidation sites excluding steroid dienone is 1. The van der Waals surface area contributed by atoms with E-state index in [9.17, 15) is 4.79 Å². The van der Waals surface area contributed by atoms with Crippen LogP contribution in [0.25, 0.3) is 0 Å². The Morgan fingerprint density at radius 3 is 2.58 bits per heavy atom. The number of unbranched alkanes of at least 4 members (excludes halogenated alkanes) is 1. The van der Waals surface area contributed by atoms with Crippen molar-refractivity contribution < 1.29 is 19.0 Å². The van der Waals surface area contributed by atoms with E-state index in [-0.39, 0.29) is 5.97 Å². The first-order chi connectivity index (χ1) is 19.4. The number of hydrogen-bond acceptors (Lipinski definition) is 8. The molecule has 0 saturated heterocycles. The molecule has 1 aliphatic rings. The van der Waals surface area contributed by atoms with E-state index in [4.69, 9.17) is 24.3 Å². The van der Waals surface area contributed by atoms with Gasteiger partial charge in [-0.2, -0.15) is 4.98 Å². The Kier molecular flexibility index (Phi) is 10.6. The van der Waals surface area contributed by atoms with Gasteiger partial charge in [-0.15, -0.1) is 5.10 Å². The molecule has 0 bridgehead atoms. The largest absolute Gasteiger partial charge is 0.490 e. The van der Waals surface area contributed by atoms with E-state index in [1.165, 1.54) is 5.56 Å². The highest BCUT2D eigenvalue weighted by atomic mass is 79.9. The lowest BCUT2D eigenvalue weighted by atomic mass is 9.95. The van der Waals surface area contributed by atoms with Crippen LogP contribution >= 0.6 is 27.7 Å². The monoisotopic (exact) mass is 628 g/mol. The molecule has 1 aliphatic heterocycles. The van der Waals surface area contributed by atoms with Gasteiger partial charge in [-0.1, -0.05) is 61.9 Å².